The van der Waals surface area contributed by atoms with Crippen molar-refractivity contribution in [2.45, 2.75) is 142 Å². The van der Waals surface area contributed by atoms with E-state index in [-0.39, 0.29) is 29.6 Å². The highest BCUT2D eigenvalue weighted by Crippen LogP contribution is 2.42. The molecule has 0 aliphatic heterocycles. The molecule has 0 bridgehead atoms. The first-order valence-corrected chi connectivity index (χ1v) is 20.0. The first-order valence-electron chi connectivity index (χ1n) is 19.0. The number of nitrogens with one attached hydrogen (secondary N) is 1. The van der Waals surface area contributed by atoms with E-state index in [0.717, 1.165) is 35.9 Å². The number of carbonyl (C=O) groups excluding carboxylic acids is 1. The van der Waals surface area contributed by atoms with E-state index in [9.17, 15) is 14.7 Å². The van der Waals surface area contributed by atoms with Crippen LogP contribution >= 0.6 is 11.8 Å². The molecule has 0 fully saturated rings. The van der Waals surface area contributed by atoms with Crippen molar-refractivity contribution >= 4 is 34.7 Å². The van der Waals surface area contributed by atoms with Gasteiger partial charge in [-0.2, -0.15) is 0 Å². The minimum absolute atomic E-state index is 0.0121. The monoisotopic (exact) mass is 715 g/mol. The second kappa shape index (κ2) is 20.9. The van der Waals surface area contributed by atoms with Crippen LogP contribution in [0.15, 0.2) is 47.6 Å². The fourth-order valence-corrected chi connectivity index (χ4v) is 7.52. The number of carboxylic acids is 1. The molecule has 0 aliphatic carbocycles. The molecule has 2 N–H and O–H groups in total. The summed E-state index contributed by atoms with van der Waals surface area (Å²) in [5.41, 5.74) is 4.58. The molecule has 0 atom stereocenters. The molecule has 0 aliphatic rings. The number of H-pyrrole nitrogens is 1. The number of aromatic carboxylic acids is 1. The maximum Gasteiger partial charge on any atom is 0.340 e. The van der Waals surface area contributed by atoms with E-state index < -0.39 is 11.9 Å². The lowest BCUT2D eigenvalue weighted by Gasteiger charge is -2.23. The van der Waals surface area contributed by atoms with Gasteiger partial charge in [-0.25, -0.2) is 14.6 Å². The number of rotatable bonds is 23. The number of thioether (sulfide) groups is 1. The Morgan fingerprint density at radius 2 is 1.45 bits per heavy atom. The van der Waals surface area contributed by atoms with Crippen molar-refractivity contribution in [2.24, 2.45) is 0 Å². The zero-order chi connectivity index (χ0) is 36.6. The smallest absolute Gasteiger partial charge is 0.340 e. The summed E-state index contributed by atoms with van der Waals surface area (Å²) in [6, 6.07) is 13.6. The Kier molecular flexibility index (Phi) is 16.3. The van der Waals surface area contributed by atoms with Crippen molar-refractivity contribution in [3.8, 4) is 16.9 Å². The van der Waals surface area contributed by atoms with E-state index in [4.69, 9.17) is 14.5 Å². The number of esters is 1. The number of pyridine rings is 1. The topological polar surface area (TPSA) is 114 Å². The Labute approximate surface area is 308 Å². The number of hydrogen-bond acceptors (Lipinski definition) is 7. The fourth-order valence-electron chi connectivity index (χ4n) is 6.69. The third kappa shape index (κ3) is 11.6. The third-order valence-electron chi connectivity index (χ3n) is 9.13. The number of para-hydroxylation sites is 2. The van der Waals surface area contributed by atoms with Gasteiger partial charge in [0, 0.05) is 16.9 Å². The molecule has 8 nitrogen and oxygen atoms in total. The number of fused-ring (bicyclic) bond motifs is 1. The van der Waals surface area contributed by atoms with Gasteiger partial charge in [0.1, 0.15) is 5.75 Å². The van der Waals surface area contributed by atoms with E-state index in [1.54, 1.807) is 13.8 Å². The zero-order valence-electron chi connectivity index (χ0n) is 31.3. The van der Waals surface area contributed by atoms with Gasteiger partial charge in [0.25, 0.3) is 0 Å². The first-order chi connectivity index (χ1) is 24.7. The molecular weight excluding hydrogens is 659 g/mol. The summed E-state index contributed by atoms with van der Waals surface area (Å²) in [6.07, 6.45) is 17.0. The number of imidazole rings is 1. The van der Waals surface area contributed by atoms with Crippen LogP contribution in [0.5, 0.6) is 5.75 Å². The van der Waals surface area contributed by atoms with Crippen LogP contribution in [0.2, 0.25) is 0 Å². The summed E-state index contributed by atoms with van der Waals surface area (Å²) in [5, 5.41) is 11.3. The molecule has 0 spiro atoms. The second-order valence-electron chi connectivity index (χ2n) is 13.6. The summed E-state index contributed by atoms with van der Waals surface area (Å²) in [7, 11) is 0. The second-order valence-corrected chi connectivity index (χ2v) is 14.6. The van der Waals surface area contributed by atoms with Gasteiger partial charge in [0.05, 0.1) is 46.3 Å². The minimum Gasteiger partial charge on any atom is -0.490 e. The van der Waals surface area contributed by atoms with Gasteiger partial charge in [-0.15, -0.1) is 0 Å². The van der Waals surface area contributed by atoms with Crippen LogP contribution in [0, 0.1) is 6.92 Å². The largest absolute Gasteiger partial charge is 0.490 e. The van der Waals surface area contributed by atoms with Gasteiger partial charge >= 0.3 is 11.9 Å². The average molecular weight is 716 g/mol. The van der Waals surface area contributed by atoms with Gasteiger partial charge in [-0.05, 0) is 64.3 Å². The highest BCUT2D eigenvalue weighted by Gasteiger charge is 2.31. The molecule has 9 heteroatoms. The lowest BCUT2D eigenvalue weighted by atomic mass is 9.87. The molecule has 0 amide bonds. The quantitative estimate of drug-likeness (QED) is 0.0443. The van der Waals surface area contributed by atoms with Crippen molar-refractivity contribution in [1.82, 2.24) is 15.0 Å². The van der Waals surface area contributed by atoms with Crippen molar-refractivity contribution in [2.75, 3.05) is 6.61 Å². The zero-order valence-corrected chi connectivity index (χ0v) is 32.1. The summed E-state index contributed by atoms with van der Waals surface area (Å²) in [6.45, 7) is 9.73. The van der Waals surface area contributed by atoms with Crippen LogP contribution < -0.4 is 4.74 Å². The molecule has 276 valence electrons. The molecule has 0 saturated carbocycles. The summed E-state index contributed by atoms with van der Waals surface area (Å²) < 4.78 is 11.9. The number of hydrogen-bond donors (Lipinski definition) is 2. The van der Waals surface area contributed by atoms with Gasteiger partial charge in [0.2, 0.25) is 0 Å². The Morgan fingerprint density at radius 3 is 2.06 bits per heavy atom. The highest BCUT2D eigenvalue weighted by molar-refractivity contribution is 7.98. The van der Waals surface area contributed by atoms with Gasteiger partial charge in [-0.1, -0.05) is 120 Å². The highest BCUT2D eigenvalue weighted by atomic mass is 32.2. The van der Waals surface area contributed by atoms with E-state index in [2.05, 4.69) is 16.9 Å². The van der Waals surface area contributed by atoms with E-state index >= 15 is 0 Å². The molecule has 2 aromatic carbocycles. The number of nitrogens with zero attached hydrogens (tertiary/aromatic N) is 2. The molecular formula is C42H57N3O5S. The summed E-state index contributed by atoms with van der Waals surface area (Å²) >= 11 is 1.41. The molecule has 4 rings (SSSR count). The summed E-state index contributed by atoms with van der Waals surface area (Å²) in [5.74, 6) is -0.924. The molecule has 4 aromatic rings. The predicted octanol–water partition coefficient (Wildman–Crippen LogP) is 11.5. The fraction of sp³-hybridized carbons (Fsp3) is 0.524. The maximum absolute atomic E-state index is 13.9. The van der Waals surface area contributed by atoms with Crippen LogP contribution in [0.25, 0.3) is 22.2 Å². The molecule has 2 heterocycles. The summed E-state index contributed by atoms with van der Waals surface area (Å²) in [4.78, 5) is 39.6. The molecule has 0 unspecified atom stereocenters. The average Bonchev–Trinajstić information content (AvgIpc) is 3.52. The molecule has 51 heavy (non-hydrogen) atoms. The lowest BCUT2D eigenvalue weighted by molar-refractivity contribution is 0.0525. The number of carbonyl (C=O) groups is 2. The van der Waals surface area contributed by atoms with E-state index in [1.807, 2.05) is 56.3 Å². The minimum atomic E-state index is -1.15. The standard InChI is InChI=1S/C42H57N3O5S/c1-6-8-9-10-11-12-13-14-15-16-17-18-19-23-31-24-22-27-35(50-29(3)4)37(31)39-36(40(46)47)30(5)43-34(38(39)41(48)49-7-2)28-51-42-44-32-25-20-21-26-33(32)45-42/h20-22,24-27,29H,6-19,23,28H2,1-5H3,(H,44,45)(H,46,47). The third-order valence-corrected chi connectivity index (χ3v) is 10.0. The van der Waals surface area contributed by atoms with Gasteiger partial charge in [0.15, 0.2) is 5.16 Å². The van der Waals surface area contributed by atoms with Crippen molar-refractivity contribution in [3.05, 3.63) is 70.5 Å². The maximum atomic E-state index is 13.9. The van der Waals surface area contributed by atoms with Gasteiger partial charge < -0.3 is 19.6 Å². The molecule has 0 saturated heterocycles. The van der Waals surface area contributed by atoms with Crippen LogP contribution in [0.1, 0.15) is 149 Å². The predicted molar refractivity (Wildman–Crippen MR) is 208 cm³/mol. The number of aromatic amines is 1. The van der Waals surface area contributed by atoms with Crippen LogP contribution in [-0.2, 0) is 16.9 Å². The Morgan fingerprint density at radius 1 is 0.804 bits per heavy atom. The van der Waals surface area contributed by atoms with Crippen LogP contribution in [0.3, 0.4) is 0 Å². The Balaban J connectivity index is 1.61. The number of ether oxygens (including phenoxy) is 2. The van der Waals surface area contributed by atoms with Gasteiger partial charge in [-0.3, -0.25) is 4.98 Å². The first kappa shape index (κ1) is 39.9. The van der Waals surface area contributed by atoms with E-state index in [0.29, 0.717) is 33.4 Å². The van der Waals surface area contributed by atoms with E-state index in [1.165, 1.54) is 82.4 Å². The lowest BCUT2D eigenvalue weighted by Crippen LogP contribution is -2.18. The number of carboxylic acid groups (broad SMARTS) is 1. The molecule has 2 aromatic heterocycles. The SMILES string of the molecule is CCCCCCCCCCCCCCCc1cccc(OC(C)C)c1-c1c(C(=O)O)c(C)nc(CSc2nc3ccccc3[nH]2)c1C(=O)OCC. The van der Waals surface area contributed by atoms with Crippen LogP contribution in [0.4, 0.5) is 0 Å². The Hall–Kier alpha value is -3.85. The number of unbranched alkanes of at least 4 members (excludes halogenated alkanes) is 12. The number of aryl methyl sites for hydroxylation is 2. The van der Waals surface area contributed by atoms with Crippen molar-refractivity contribution in [1.29, 1.82) is 0 Å². The normalized spacial score (nSPS) is 11.4. The number of aromatic nitrogens is 3. The number of benzene rings is 2. The van der Waals surface area contributed by atoms with Crippen molar-refractivity contribution in [3.63, 3.8) is 0 Å². The Bertz CT molecular complexity index is 1680. The molecule has 0 radical (unpaired) electrons. The van der Waals surface area contributed by atoms with Crippen LogP contribution in [-0.4, -0.2) is 44.7 Å². The van der Waals surface area contributed by atoms with Crippen molar-refractivity contribution < 1.29 is 24.2 Å².